The lowest BCUT2D eigenvalue weighted by Gasteiger charge is -2.13. The minimum Gasteiger partial charge on any atom is -0.504 e. The van der Waals surface area contributed by atoms with Crippen molar-refractivity contribution in [2.45, 2.75) is 0 Å². The van der Waals surface area contributed by atoms with Crippen molar-refractivity contribution < 1.29 is 44.2 Å². The number of benzene rings is 2. The Labute approximate surface area is 141 Å². The Morgan fingerprint density at radius 3 is 1.20 bits per heavy atom. The highest BCUT2D eigenvalue weighted by Gasteiger charge is 2.21. The molecule has 0 amide bonds. The van der Waals surface area contributed by atoms with E-state index >= 15 is 0 Å². The third-order valence-corrected chi connectivity index (χ3v) is 3.15. The van der Waals surface area contributed by atoms with Gasteiger partial charge in [-0.1, -0.05) is 0 Å². The number of aromatic hydroxyl groups is 4. The number of phenols is 4. The Kier molecular flexibility index (Phi) is 4.87. The van der Waals surface area contributed by atoms with Crippen LogP contribution in [0, 0.1) is 0 Å². The predicted octanol–water partition coefficient (Wildman–Crippen LogP) is 1.87. The summed E-state index contributed by atoms with van der Waals surface area (Å²) in [5, 5.41) is 39.6. The summed E-state index contributed by atoms with van der Waals surface area (Å²) >= 11 is 0. The van der Waals surface area contributed by atoms with Gasteiger partial charge in [0, 0.05) is 0 Å². The molecule has 0 aliphatic rings. The van der Waals surface area contributed by atoms with E-state index in [-0.39, 0.29) is 11.1 Å². The summed E-state index contributed by atoms with van der Waals surface area (Å²) in [7, 11) is 2.25. The van der Waals surface area contributed by atoms with Gasteiger partial charge in [-0.05, 0) is 24.3 Å². The Morgan fingerprint density at radius 1 is 0.680 bits per heavy atom. The van der Waals surface area contributed by atoms with Gasteiger partial charge in [0.15, 0.2) is 23.0 Å². The number of esters is 2. The van der Waals surface area contributed by atoms with Crippen LogP contribution in [0.25, 0.3) is 0 Å². The second-order valence-corrected chi connectivity index (χ2v) is 4.77. The van der Waals surface area contributed by atoms with Crippen LogP contribution in [0.3, 0.4) is 0 Å². The van der Waals surface area contributed by atoms with Crippen LogP contribution in [0.1, 0.15) is 20.7 Å². The fraction of sp³-hybridized carbons (Fsp3) is 0.125. The summed E-state index contributed by atoms with van der Waals surface area (Å²) in [5.41, 5.74) is -0.279. The molecule has 9 nitrogen and oxygen atoms in total. The molecule has 0 aliphatic heterocycles. The van der Waals surface area contributed by atoms with Crippen molar-refractivity contribution in [3.63, 3.8) is 0 Å². The van der Waals surface area contributed by atoms with Gasteiger partial charge < -0.3 is 34.6 Å². The Morgan fingerprint density at radius 2 is 0.960 bits per heavy atom. The molecule has 0 atom stereocenters. The van der Waals surface area contributed by atoms with Crippen LogP contribution in [-0.4, -0.2) is 46.6 Å². The van der Waals surface area contributed by atoms with E-state index < -0.39 is 46.4 Å². The van der Waals surface area contributed by atoms with Crippen LogP contribution in [-0.2, 0) is 9.47 Å². The van der Waals surface area contributed by atoms with E-state index in [2.05, 4.69) is 9.47 Å². The lowest BCUT2D eigenvalue weighted by Crippen LogP contribution is -2.02. The van der Waals surface area contributed by atoms with Crippen molar-refractivity contribution in [2.75, 3.05) is 14.2 Å². The molecule has 0 heterocycles. The smallest absolute Gasteiger partial charge is 0.338 e. The molecule has 0 saturated heterocycles. The molecule has 25 heavy (non-hydrogen) atoms. The maximum Gasteiger partial charge on any atom is 0.338 e. The lowest BCUT2D eigenvalue weighted by atomic mass is 10.1. The number of carbonyl (C=O) groups excluding carboxylic acids is 2. The largest absolute Gasteiger partial charge is 0.504 e. The summed E-state index contributed by atoms with van der Waals surface area (Å²) in [5.74, 6) is -5.22. The van der Waals surface area contributed by atoms with E-state index in [1.54, 1.807) is 0 Å². The van der Waals surface area contributed by atoms with Crippen molar-refractivity contribution in [3.05, 3.63) is 35.4 Å². The molecule has 0 unspecified atom stereocenters. The second-order valence-electron chi connectivity index (χ2n) is 4.77. The summed E-state index contributed by atoms with van der Waals surface area (Å²) < 4.78 is 14.1. The molecule has 2 aromatic rings. The Bertz CT molecular complexity index is 726. The van der Waals surface area contributed by atoms with Crippen LogP contribution in [0.5, 0.6) is 34.5 Å². The predicted molar refractivity (Wildman–Crippen MR) is 82.3 cm³/mol. The number of hydrogen-bond donors (Lipinski definition) is 4. The van der Waals surface area contributed by atoms with Crippen molar-refractivity contribution in [1.29, 1.82) is 0 Å². The third kappa shape index (κ3) is 3.50. The normalized spacial score (nSPS) is 10.2. The van der Waals surface area contributed by atoms with Crippen LogP contribution < -0.4 is 4.74 Å². The van der Waals surface area contributed by atoms with Gasteiger partial charge in [-0.3, -0.25) is 0 Å². The van der Waals surface area contributed by atoms with E-state index in [0.717, 1.165) is 38.5 Å². The van der Waals surface area contributed by atoms with E-state index in [1.807, 2.05) is 0 Å². The molecule has 0 aromatic heterocycles. The molecule has 0 aliphatic carbocycles. The van der Waals surface area contributed by atoms with Gasteiger partial charge >= 0.3 is 11.9 Å². The van der Waals surface area contributed by atoms with Gasteiger partial charge in [-0.2, -0.15) is 0 Å². The first-order valence-electron chi connectivity index (χ1n) is 6.75. The number of hydrogen-bond acceptors (Lipinski definition) is 9. The van der Waals surface area contributed by atoms with Gasteiger partial charge in [0.05, 0.1) is 25.3 Å². The standard InChI is InChI=1S/C16H14O9/c1-23-15(21)7-3-9(17)13(10(18)4-7)25-14-11(19)5-8(6-12(14)20)16(22)24-2/h3-6,17-20H,1-2H3. The number of rotatable bonds is 4. The third-order valence-electron chi connectivity index (χ3n) is 3.15. The highest BCUT2D eigenvalue weighted by atomic mass is 16.5. The first kappa shape index (κ1) is 17.7. The van der Waals surface area contributed by atoms with Gasteiger partial charge in [0.1, 0.15) is 0 Å². The van der Waals surface area contributed by atoms with Crippen LogP contribution in [0.15, 0.2) is 24.3 Å². The molecule has 2 aromatic carbocycles. The molecule has 9 heteroatoms. The van der Waals surface area contributed by atoms with Gasteiger partial charge in [0.2, 0.25) is 11.5 Å². The lowest BCUT2D eigenvalue weighted by molar-refractivity contribution is 0.0591. The molecule has 0 spiro atoms. The van der Waals surface area contributed by atoms with E-state index in [9.17, 15) is 30.0 Å². The summed E-state index contributed by atoms with van der Waals surface area (Å²) in [6, 6.07) is 3.88. The minimum atomic E-state index is -0.801. The minimum absolute atomic E-state index is 0.140. The fourth-order valence-corrected chi connectivity index (χ4v) is 1.98. The molecule has 2 rings (SSSR count). The Hall–Kier alpha value is -3.62. The average molecular weight is 350 g/mol. The van der Waals surface area contributed by atoms with Crippen molar-refractivity contribution in [2.24, 2.45) is 0 Å². The fourth-order valence-electron chi connectivity index (χ4n) is 1.98. The average Bonchev–Trinajstić information content (AvgIpc) is 2.57. The zero-order valence-electron chi connectivity index (χ0n) is 13.1. The van der Waals surface area contributed by atoms with E-state index in [1.165, 1.54) is 0 Å². The van der Waals surface area contributed by atoms with E-state index in [0.29, 0.717) is 0 Å². The Balaban J connectivity index is 2.43. The van der Waals surface area contributed by atoms with Crippen LogP contribution in [0.2, 0.25) is 0 Å². The number of ether oxygens (including phenoxy) is 3. The maximum atomic E-state index is 11.4. The summed E-state index contributed by atoms with van der Waals surface area (Å²) in [6.45, 7) is 0. The second kappa shape index (κ2) is 6.87. The summed E-state index contributed by atoms with van der Waals surface area (Å²) in [6.07, 6.45) is 0. The molecule has 0 radical (unpaired) electrons. The topological polar surface area (TPSA) is 143 Å². The van der Waals surface area contributed by atoms with Crippen molar-refractivity contribution >= 4 is 11.9 Å². The SMILES string of the molecule is COC(=O)c1cc(O)c(Oc2c(O)cc(C(=O)OC)cc2O)c(O)c1. The molecular formula is C16H14O9. The highest BCUT2D eigenvalue weighted by molar-refractivity contribution is 5.92. The quantitative estimate of drug-likeness (QED) is 0.608. The van der Waals surface area contributed by atoms with Crippen LogP contribution in [0.4, 0.5) is 0 Å². The zero-order valence-corrected chi connectivity index (χ0v) is 13.1. The molecule has 0 saturated carbocycles. The maximum absolute atomic E-state index is 11.4. The van der Waals surface area contributed by atoms with Gasteiger partial charge in [-0.25, -0.2) is 9.59 Å². The van der Waals surface area contributed by atoms with Gasteiger partial charge in [0.25, 0.3) is 0 Å². The molecule has 4 N–H and O–H groups in total. The monoisotopic (exact) mass is 350 g/mol. The molecule has 0 bridgehead atoms. The summed E-state index contributed by atoms with van der Waals surface area (Å²) in [4.78, 5) is 22.8. The van der Waals surface area contributed by atoms with Gasteiger partial charge in [-0.15, -0.1) is 0 Å². The van der Waals surface area contributed by atoms with Crippen molar-refractivity contribution in [3.8, 4) is 34.5 Å². The number of phenolic OH excluding ortho intramolecular Hbond substituents is 4. The first-order chi connectivity index (χ1) is 11.8. The van der Waals surface area contributed by atoms with Crippen LogP contribution >= 0.6 is 0 Å². The number of methoxy groups -OCH3 is 2. The molecular weight excluding hydrogens is 336 g/mol. The first-order valence-corrected chi connectivity index (χ1v) is 6.75. The zero-order chi connectivity index (χ0) is 18.7. The molecule has 0 fully saturated rings. The highest BCUT2D eigenvalue weighted by Crippen LogP contribution is 2.46. The molecule has 132 valence electrons. The number of carbonyl (C=O) groups is 2. The van der Waals surface area contributed by atoms with Crippen molar-refractivity contribution in [1.82, 2.24) is 0 Å². The van der Waals surface area contributed by atoms with E-state index in [4.69, 9.17) is 4.74 Å².